The van der Waals surface area contributed by atoms with Crippen LogP contribution in [0.25, 0.3) is 0 Å². The fourth-order valence-electron chi connectivity index (χ4n) is 1.63. The predicted octanol–water partition coefficient (Wildman–Crippen LogP) is 1.15. The van der Waals surface area contributed by atoms with Crippen LogP contribution in [-0.2, 0) is 7.05 Å². The van der Waals surface area contributed by atoms with Gasteiger partial charge in [-0.2, -0.15) is 0 Å². The van der Waals surface area contributed by atoms with Gasteiger partial charge in [-0.1, -0.05) is 23.4 Å². The molecule has 1 N–H and O–H groups in total. The van der Waals surface area contributed by atoms with Crippen molar-refractivity contribution in [3.63, 3.8) is 0 Å². The van der Waals surface area contributed by atoms with Crippen LogP contribution >= 0.6 is 0 Å². The number of benzene rings is 1. The van der Waals surface area contributed by atoms with Gasteiger partial charge >= 0.3 is 0 Å². The monoisotopic (exact) mass is 232 g/mol. The van der Waals surface area contributed by atoms with Crippen molar-refractivity contribution in [3.05, 3.63) is 42.2 Å². The van der Waals surface area contributed by atoms with E-state index in [-0.39, 0.29) is 6.04 Å². The first-order valence-electron chi connectivity index (χ1n) is 5.51. The first-order valence-corrected chi connectivity index (χ1v) is 5.51. The van der Waals surface area contributed by atoms with Crippen LogP contribution in [0.5, 0.6) is 5.75 Å². The molecule has 2 aromatic rings. The maximum Gasteiger partial charge on any atom is 0.119 e. The topological polar surface area (TPSA) is 52.0 Å². The molecule has 0 aliphatic carbocycles. The third-order valence-electron chi connectivity index (χ3n) is 2.61. The molecule has 17 heavy (non-hydrogen) atoms. The van der Waals surface area contributed by atoms with E-state index >= 15 is 0 Å². The number of rotatable bonds is 5. The molecule has 1 aromatic carbocycles. The van der Waals surface area contributed by atoms with E-state index in [1.54, 1.807) is 10.9 Å². The molecule has 1 unspecified atom stereocenters. The van der Waals surface area contributed by atoms with E-state index < -0.39 is 0 Å². The molecule has 5 heteroatoms. The van der Waals surface area contributed by atoms with Gasteiger partial charge in [-0.05, 0) is 19.2 Å². The Kier molecular flexibility index (Phi) is 3.72. The van der Waals surface area contributed by atoms with Crippen molar-refractivity contribution < 1.29 is 4.74 Å². The maximum absolute atomic E-state index is 5.71. The number of ether oxygens (including phenoxy) is 1. The molecule has 0 saturated carbocycles. The van der Waals surface area contributed by atoms with Crippen molar-refractivity contribution in [1.29, 1.82) is 0 Å². The van der Waals surface area contributed by atoms with Crippen LogP contribution in [0.2, 0.25) is 0 Å². The molecule has 0 aliphatic rings. The lowest BCUT2D eigenvalue weighted by Gasteiger charge is -2.16. The van der Waals surface area contributed by atoms with Crippen LogP contribution in [0.4, 0.5) is 0 Å². The molecule has 1 heterocycles. The molecule has 0 aliphatic heterocycles. The summed E-state index contributed by atoms with van der Waals surface area (Å²) in [5.74, 6) is 0.864. The molecular weight excluding hydrogens is 216 g/mol. The summed E-state index contributed by atoms with van der Waals surface area (Å²) in [7, 11) is 3.77. The average Bonchev–Trinajstić information content (AvgIpc) is 2.78. The van der Waals surface area contributed by atoms with Crippen LogP contribution < -0.4 is 10.1 Å². The van der Waals surface area contributed by atoms with E-state index in [2.05, 4.69) is 15.6 Å². The van der Waals surface area contributed by atoms with Crippen LogP contribution in [0.1, 0.15) is 11.7 Å². The average molecular weight is 232 g/mol. The smallest absolute Gasteiger partial charge is 0.119 e. The molecule has 0 fully saturated rings. The number of aromatic nitrogens is 3. The molecule has 1 atom stereocenters. The van der Waals surface area contributed by atoms with E-state index in [9.17, 15) is 0 Å². The van der Waals surface area contributed by atoms with Crippen molar-refractivity contribution in [3.8, 4) is 5.75 Å². The highest BCUT2D eigenvalue weighted by molar-refractivity contribution is 5.21. The number of nitrogens with one attached hydrogen (secondary N) is 1. The van der Waals surface area contributed by atoms with Gasteiger partial charge in [0, 0.05) is 7.05 Å². The number of nitrogens with zero attached hydrogens (tertiary/aromatic N) is 3. The number of para-hydroxylation sites is 1. The highest BCUT2D eigenvalue weighted by Gasteiger charge is 2.14. The normalized spacial score (nSPS) is 12.4. The standard InChI is InChI=1S/C12H16N4O/c1-13-11(12-8-14-15-16(12)2)9-17-10-6-4-3-5-7-10/h3-8,11,13H,9H2,1-2H3. The Morgan fingerprint density at radius 1 is 1.35 bits per heavy atom. The number of likely N-dealkylation sites (N-methyl/N-ethyl adjacent to an activating group) is 1. The number of hydrogen-bond donors (Lipinski definition) is 1. The molecule has 0 bridgehead atoms. The Bertz CT molecular complexity index is 455. The summed E-state index contributed by atoms with van der Waals surface area (Å²) in [5.41, 5.74) is 1.00. The van der Waals surface area contributed by atoms with E-state index in [0.717, 1.165) is 11.4 Å². The fourth-order valence-corrected chi connectivity index (χ4v) is 1.63. The van der Waals surface area contributed by atoms with E-state index in [4.69, 9.17) is 4.74 Å². The van der Waals surface area contributed by atoms with Gasteiger partial charge in [0.1, 0.15) is 12.4 Å². The molecule has 0 spiro atoms. The quantitative estimate of drug-likeness (QED) is 0.840. The Morgan fingerprint density at radius 2 is 2.12 bits per heavy atom. The van der Waals surface area contributed by atoms with Crippen molar-refractivity contribution >= 4 is 0 Å². The highest BCUT2D eigenvalue weighted by Crippen LogP contribution is 2.14. The third-order valence-corrected chi connectivity index (χ3v) is 2.61. The summed E-state index contributed by atoms with van der Waals surface area (Å²) >= 11 is 0. The van der Waals surface area contributed by atoms with E-state index in [0.29, 0.717) is 6.61 Å². The summed E-state index contributed by atoms with van der Waals surface area (Å²) in [6.45, 7) is 0.543. The molecule has 90 valence electrons. The van der Waals surface area contributed by atoms with Gasteiger partial charge < -0.3 is 10.1 Å². The van der Waals surface area contributed by atoms with Gasteiger partial charge in [-0.15, -0.1) is 5.10 Å². The summed E-state index contributed by atoms with van der Waals surface area (Å²) < 4.78 is 7.45. The summed E-state index contributed by atoms with van der Waals surface area (Å²) in [4.78, 5) is 0. The molecule has 1 aromatic heterocycles. The van der Waals surface area contributed by atoms with Gasteiger partial charge in [0.05, 0.1) is 17.9 Å². The van der Waals surface area contributed by atoms with Crippen molar-refractivity contribution in [2.45, 2.75) is 6.04 Å². The van der Waals surface area contributed by atoms with Gasteiger partial charge in [-0.3, -0.25) is 4.68 Å². The van der Waals surface area contributed by atoms with E-state index in [1.165, 1.54) is 0 Å². The van der Waals surface area contributed by atoms with E-state index in [1.807, 2.05) is 44.4 Å². The lowest BCUT2D eigenvalue weighted by molar-refractivity contribution is 0.267. The lowest BCUT2D eigenvalue weighted by atomic mass is 10.2. The minimum absolute atomic E-state index is 0.0789. The Morgan fingerprint density at radius 3 is 2.71 bits per heavy atom. The second-order valence-electron chi connectivity index (χ2n) is 3.75. The molecule has 0 saturated heterocycles. The zero-order chi connectivity index (χ0) is 12.1. The Labute approximate surface area is 100 Å². The van der Waals surface area contributed by atoms with Crippen LogP contribution in [0.15, 0.2) is 36.5 Å². The Hall–Kier alpha value is -1.88. The van der Waals surface area contributed by atoms with Crippen molar-refractivity contribution in [2.24, 2.45) is 7.05 Å². The molecule has 0 radical (unpaired) electrons. The maximum atomic E-state index is 5.71. The summed E-state index contributed by atoms with van der Waals surface area (Å²) in [6, 6.07) is 9.83. The second kappa shape index (κ2) is 5.45. The van der Waals surface area contributed by atoms with Gasteiger partial charge in [-0.25, -0.2) is 0 Å². The zero-order valence-electron chi connectivity index (χ0n) is 10.00. The SMILES string of the molecule is CNC(COc1ccccc1)c1cnnn1C. The molecule has 2 rings (SSSR count). The first kappa shape index (κ1) is 11.6. The number of hydrogen-bond acceptors (Lipinski definition) is 4. The van der Waals surface area contributed by atoms with Crippen LogP contribution in [-0.4, -0.2) is 28.6 Å². The predicted molar refractivity (Wildman–Crippen MR) is 64.7 cm³/mol. The van der Waals surface area contributed by atoms with Gasteiger partial charge in [0.25, 0.3) is 0 Å². The zero-order valence-corrected chi connectivity index (χ0v) is 10.00. The molecule has 5 nitrogen and oxygen atoms in total. The molecule has 0 amide bonds. The van der Waals surface area contributed by atoms with Crippen molar-refractivity contribution in [1.82, 2.24) is 20.3 Å². The minimum Gasteiger partial charge on any atom is -0.492 e. The largest absolute Gasteiger partial charge is 0.492 e. The first-order chi connectivity index (χ1) is 8.31. The third kappa shape index (κ3) is 2.82. The minimum atomic E-state index is 0.0789. The number of aryl methyl sites for hydroxylation is 1. The van der Waals surface area contributed by atoms with Gasteiger partial charge in [0.2, 0.25) is 0 Å². The summed E-state index contributed by atoms with van der Waals surface area (Å²) in [5, 5.41) is 11.0. The van der Waals surface area contributed by atoms with Crippen LogP contribution in [0.3, 0.4) is 0 Å². The second-order valence-corrected chi connectivity index (χ2v) is 3.75. The Balaban J connectivity index is 2.00. The van der Waals surface area contributed by atoms with Crippen molar-refractivity contribution in [2.75, 3.05) is 13.7 Å². The van der Waals surface area contributed by atoms with Crippen LogP contribution in [0, 0.1) is 0 Å². The highest BCUT2D eigenvalue weighted by atomic mass is 16.5. The van der Waals surface area contributed by atoms with Gasteiger partial charge in [0.15, 0.2) is 0 Å². The molecular formula is C12H16N4O. The fraction of sp³-hybridized carbons (Fsp3) is 0.333. The summed E-state index contributed by atoms with van der Waals surface area (Å²) in [6.07, 6.45) is 1.75. The lowest BCUT2D eigenvalue weighted by Crippen LogP contribution is -2.25.